The molecule has 1 fully saturated rings. The van der Waals surface area contributed by atoms with E-state index in [1.54, 1.807) is 19.6 Å². The van der Waals surface area contributed by atoms with Gasteiger partial charge in [-0.1, -0.05) is 19.1 Å². The summed E-state index contributed by atoms with van der Waals surface area (Å²) in [6, 6.07) is 8.90. The van der Waals surface area contributed by atoms with Crippen LogP contribution in [0.5, 0.6) is 0 Å². The first kappa shape index (κ1) is 27.1. The monoisotopic (exact) mass is 516 g/mol. The van der Waals surface area contributed by atoms with Gasteiger partial charge in [-0.05, 0) is 61.1 Å². The Morgan fingerprint density at radius 3 is 2.78 bits per heavy atom. The number of anilines is 1. The van der Waals surface area contributed by atoms with Gasteiger partial charge < -0.3 is 14.6 Å². The van der Waals surface area contributed by atoms with Crippen molar-refractivity contribution < 1.29 is 17.9 Å². The zero-order valence-corrected chi connectivity index (χ0v) is 21.6. The third-order valence-corrected chi connectivity index (χ3v) is 6.90. The van der Waals surface area contributed by atoms with Crippen molar-refractivity contribution in [2.75, 3.05) is 32.1 Å². The molecule has 0 bridgehead atoms. The predicted octanol–water partition coefficient (Wildman–Crippen LogP) is 5.24. The average Bonchev–Trinajstić information content (AvgIpc) is 3.29. The molecule has 2 aromatic heterocycles. The number of likely N-dealkylation sites (tertiary alicyclic amines) is 1. The third kappa shape index (κ3) is 7.07. The minimum absolute atomic E-state index is 0.0158. The SMILES string of the molecule is COCCC(c1cccc(NCc2ncc(CN3CCC[C@H](C)C3)cc2C(F)(F)F)c1)c1nncn1C. The molecule has 4 rings (SSSR count). The van der Waals surface area contributed by atoms with Gasteiger partial charge in [0.1, 0.15) is 12.2 Å². The summed E-state index contributed by atoms with van der Waals surface area (Å²) in [6.45, 7) is 4.98. The van der Waals surface area contributed by atoms with Crippen LogP contribution in [0.15, 0.2) is 42.9 Å². The Kier molecular flexibility index (Phi) is 8.81. The lowest BCUT2D eigenvalue weighted by Crippen LogP contribution is -2.33. The van der Waals surface area contributed by atoms with E-state index >= 15 is 0 Å². The number of nitrogens with zero attached hydrogens (tertiary/aromatic N) is 5. The lowest BCUT2D eigenvalue weighted by Gasteiger charge is -2.31. The van der Waals surface area contributed by atoms with Gasteiger partial charge in [0, 0.05) is 51.7 Å². The molecule has 3 aromatic rings. The van der Waals surface area contributed by atoms with Crippen LogP contribution in [-0.2, 0) is 31.1 Å². The number of aromatic nitrogens is 4. The second kappa shape index (κ2) is 12.0. The van der Waals surface area contributed by atoms with E-state index in [4.69, 9.17) is 4.74 Å². The molecule has 3 heterocycles. The standard InChI is InChI=1S/C27H35F3N6O/c1-19-6-5-10-36(16-19)17-20-12-24(27(28,29)30)25(32-14-20)15-31-22-8-4-7-21(13-22)23(9-11-37-3)26-34-33-18-35(26)2/h4,7-8,12-14,18-19,23,31H,5-6,9-11,15-17H2,1-3H3/t19-,23?/m0/s1. The van der Waals surface area contributed by atoms with Crippen molar-refractivity contribution in [3.63, 3.8) is 0 Å². The zero-order chi connectivity index (χ0) is 26.4. The maximum atomic E-state index is 14.0. The van der Waals surface area contributed by atoms with Gasteiger partial charge in [-0.3, -0.25) is 9.88 Å². The molecule has 0 aliphatic carbocycles. The second-order valence-electron chi connectivity index (χ2n) is 9.93. The highest BCUT2D eigenvalue weighted by molar-refractivity contribution is 5.48. The highest BCUT2D eigenvalue weighted by atomic mass is 19.4. The van der Waals surface area contributed by atoms with Crippen molar-refractivity contribution in [1.82, 2.24) is 24.6 Å². The largest absolute Gasteiger partial charge is 0.418 e. The van der Waals surface area contributed by atoms with Gasteiger partial charge in [-0.15, -0.1) is 10.2 Å². The number of aryl methyl sites for hydroxylation is 1. The fraction of sp³-hybridized carbons (Fsp3) is 0.519. The Labute approximate surface area is 216 Å². The molecule has 1 N–H and O–H groups in total. The van der Waals surface area contributed by atoms with Gasteiger partial charge in [0.2, 0.25) is 0 Å². The Balaban J connectivity index is 1.51. The normalized spacial score (nSPS) is 17.6. The summed E-state index contributed by atoms with van der Waals surface area (Å²) in [7, 11) is 3.53. The first-order valence-corrected chi connectivity index (χ1v) is 12.7. The molecule has 7 nitrogen and oxygen atoms in total. The summed E-state index contributed by atoms with van der Waals surface area (Å²) in [6.07, 6.45) is 1.69. The van der Waals surface area contributed by atoms with Crippen LogP contribution in [0.25, 0.3) is 0 Å². The smallest absolute Gasteiger partial charge is 0.385 e. The van der Waals surface area contributed by atoms with Crippen molar-refractivity contribution >= 4 is 5.69 Å². The molecule has 1 aromatic carbocycles. The quantitative estimate of drug-likeness (QED) is 0.398. The maximum absolute atomic E-state index is 14.0. The van der Waals surface area contributed by atoms with Crippen LogP contribution in [0.1, 0.15) is 60.3 Å². The van der Waals surface area contributed by atoms with Crippen LogP contribution in [0.4, 0.5) is 18.9 Å². The summed E-state index contributed by atoms with van der Waals surface area (Å²) < 4.78 is 49.1. The van der Waals surface area contributed by atoms with E-state index in [0.29, 0.717) is 36.7 Å². The van der Waals surface area contributed by atoms with E-state index in [9.17, 15) is 13.2 Å². The van der Waals surface area contributed by atoms with Crippen molar-refractivity contribution in [2.45, 2.75) is 51.4 Å². The Hall–Kier alpha value is -2.98. The fourth-order valence-corrected chi connectivity index (χ4v) is 5.04. The summed E-state index contributed by atoms with van der Waals surface area (Å²) in [4.78, 5) is 6.46. The molecule has 1 aliphatic rings. The molecule has 200 valence electrons. The van der Waals surface area contributed by atoms with Crippen LogP contribution < -0.4 is 5.32 Å². The first-order valence-electron chi connectivity index (χ1n) is 12.7. The van der Waals surface area contributed by atoms with Crippen LogP contribution in [-0.4, -0.2) is 51.5 Å². The topological polar surface area (TPSA) is 68.1 Å². The lowest BCUT2D eigenvalue weighted by atomic mass is 9.94. The van der Waals surface area contributed by atoms with Gasteiger partial charge in [0.05, 0.1) is 17.8 Å². The minimum Gasteiger partial charge on any atom is -0.385 e. The number of halogens is 3. The molecule has 1 unspecified atom stereocenters. The van der Waals surface area contributed by atoms with E-state index in [2.05, 4.69) is 32.3 Å². The lowest BCUT2D eigenvalue weighted by molar-refractivity contribution is -0.138. The molecule has 10 heteroatoms. The average molecular weight is 517 g/mol. The van der Waals surface area contributed by atoms with Crippen molar-refractivity contribution in [3.05, 3.63) is 71.1 Å². The predicted molar refractivity (Wildman–Crippen MR) is 136 cm³/mol. The van der Waals surface area contributed by atoms with Gasteiger partial charge in [-0.2, -0.15) is 13.2 Å². The Morgan fingerprint density at radius 2 is 2.08 bits per heavy atom. The van der Waals surface area contributed by atoms with Gasteiger partial charge in [-0.25, -0.2) is 0 Å². The van der Waals surface area contributed by atoms with E-state index in [1.807, 2.05) is 35.9 Å². The van der Waals surface area contributed by atoms with Crippen LogP contribution >= 0.6 is 0 Å². The molecule has 0 amide bonds. The summed E-state index contributed by atoms with van der Waals surface area (Å²) in [5.74, 6) is 1.30. The third-order valence-electron chi connectivity index (χ3n) is 6.90. The number of methoxy groups -OCH3 is 1. The molecule has 0 radical (unpaired) electrons. The number of hydrogen-bond donors (Lipinski definition) is 1. The second-order valence-corrected chi connectivity index (χ2v) is 9.93. The number of piperidine rings is 1. The summed E-state index contributed by atoms with van der Waals surface area (Å²) in [5.41, 5.74) is 1.59. The first-order chi connectivity index (χ1) is 17.7. The number of benzene rings is 1. The van der Waals surface area contributed by atoms with Crippen molar-refractivity contribution in [1.29, 1.82) is 0 Å². The number of ether oxygens (including phenoxy) is 1. The van der Waals surface area contributed by atoms with Gasteiger partial charge in [0.15, 0.2) is 0 Å². The molecular weight excluding hydrogens is 481 g/mol. The molecule has 0 saturated carbocycles. The van der Waals surface area contributed by atoms with Crippen LogP contribution in [0, 0.1) is 5.92 Å². The molecule has 37 heavy (non-hydrogen) atoms. The molecular formula is C27H35F3N6O. The van der Waals surface area contributed by atoms with Crippen molar-refractivity contribution in [3.8, 4) is 0 Å². The van der Waals surface area contributed by atoms with E-state index < -0.39 is 11.7 Å². The Bertz CT molecular complexity index is 1170. The number of pyridine rings is 1. The highest BCUT2D eigenvalue weighted by Gasteiger charge is 2.34. The van der Waals surface area contributed by atoms with Crippen LogP contribution in [0.2, 0.25) is 0 Å². The molecule has 1 saturated heterocycles. The number of nitrogens with one attached hydrogen (secondary N) is 1. The minimum atomic E-state index is -4.48. The maximum Gasteiger partial charge on any atom is 0.418 e. The summed E-state index contributed by atoms with van der Waals surface area (Å²) >= 11 is 0. The number of alkyl halides is 3. The molecule has 2 atom stereocenters. The zero-order valence-electron chi connectivity index (χ0n) is 21.6. The summed E-state index contributed by atoms with van der Waals surface area (Å²) in [5, 5.41) is 11.4. The number of hydrogen-bond acceptors (Lipinski definition) is 6. The fourth-order valence-electron chi connectivity index (χ4n) is 5.04. The van der Waals surface area contributed by atoms with E-state index in [1.165, 1.54) is 12.5 Å². The van der Waals surface area contributed by atoms with E-state index in [-0.39, 0.29) is 18.2 Å². The number of rotatable bonds is 10. The Morgan fingerprint density at radius 1 is 1.24 bits per heavy atom. The van der Waals surface area contributed by atoms with Crippen molar-refractivity contribution in [2.24, 2.45) is 13.0 Å². The molecule has 1 aliphatic heterocycles. The van der Waals surface area contributed by atoms with Gasteiger partial charge in [0.25, 0.3) is 0 Å². The van der Waals surface area contributed by atoms with E-state index in [0.717, 1.165) is 30.9 Å². The molecule has 0 spiro atoms. The van der Waals surface area contributed by atoms with Gasteiger partial charge >= 0.3 is 6.18 Å². The highest BCUT2D eigenvalue weighted by Crippen LogP contribution is 2.33. The van der Waals surface area contributed by atoms with Crippen LogP contribution in [0.3, 0.4) is 0 Å².